The van der Waals surface area contributed by atoms with Crippen LogP contribution in [-0.2, 0) is 0 Å². The van der Waals surface area contributed by atoms with Crippen LogP contribution in [0, 0.1) is 0 Å². The molecule has 1 aliphatic rings. The second-order valence-electron chi connectivity index (χ2n) is 5.24. The van der Waals surface area contributed by atoms with E-state index in [1.165, 1.54) is 16.8 Å². The Labute approximate surface area is 97.9 Å². The fourth-order valence-corrected chi connectivity index (χ4v) is 1.92. The first-order chi connectivity index (χ1) is 7.56. The van der Waals surface area contributed by atoms with Crippen molar-refractivity contribution in [3.63, 3.8) is 0 Å². The maximum absolute atomic E-state index is 3.56. The second kappa shape index (κ2) is 4.17. The van der Waals surface area contributed by atoms with Crippen LogP contribution in [0.1, 0.15) is 32.8 Å². The lowest BCUT2D eigenvalue weighted by atomic mass is 10.0. The number of nitrogens with one attached hydrogen (secondary N) is 1. The van der Waals surface area contributed by atoms with Crippen LogP contribution in [0.25, 0.3) is 5.57 Å². The maximum Gasteiger partial charge on any atom is 0.0420 e. The highest BCUT2D eigenvalue weighted by atomic mass is 15.0. The van der Waals surface area contributed by atoms with Crippen molar-refractivity contribution in [3.8, 4) is 0 Å². The molecule has 2 rings (SSSR count). The first kappa shape index (κ1) is 11.0. The van der Waals surface area contributed by atoms with Crippen LogP contribution in [0.3, 0.4) is 0 Å². The minimum atomic E-state index is 0.0999. The molecule has 0 radical (unpaired) electrons. The topological polar surface area (TPSA) is 12.0 Å². The van der Waals surface area contributed by atoms with Gasteiger partial charge in [0.1, 0.15) is 0 Å². The number of allylic oxidation sites excluding steroid dienone is 4. The van der Waals surface area contributed by atoms with Crippen molar-refractivity contribution in [3.05, 3.63) is 48.1 Å². The van der Waals surface area contributed by atoms with Crippen LogP contribution < -0.4 is 5.32 Å². The average Bonchev–Trinajstić information content (AvgIpc) is 2.69. The van der Waals surface area contributed by atoms with E-state index < -0.39 is 0 Å². The zero-order chi connectivity index (χ0) is 11.6. The Hall–Kier alpha value is -1.50. The summed E-state index contributed by atoms with van der Waals surface area (Å²) in [7, 11) is 0. The molecular weight excluding hydrogens is 194 g/mol. The van der Waals surface area contributed by atoms with Crippen molar-refractivity contribution in [1.29, 1.82) is 0 Å². The molecule has 1 N–H and O–H groups in total. The lowest BCUT2D eigenvalue weighted by Crippen LogP contribution is -2.26. The molecule has 0 aromatic heterocycles. The van der Waals surface area contributed by atoms with E-state index in [4.69, 9.17) is 0 Å². The SMILES string of the molecule is CC(C)(C)Nc1ccccc1C1=CC=CC1. The smallest absolute Gasteiger partial charge is 0.0420 e. The summed E-state index contributed by atoms with van der Waals surface area (Å²) in [6.07, 6.45) is 7.57. The summed E-state index contributed by atoms with van der Waals surface area (Å²) in [5.41, 5.74) is 4.04. The average molecular weight is 213 g/mol. The number of para-hydroxylation sites is 1. The van der Waals surface area contributed by atoms with E-state index >= 15 is 0 Å². The summed E-state index contributed by atoms with van der Waals surface area (Å²) in [5, 5.41) is 3.56. The number of anilines is 1. The predicted molar refractivity (Wildman–Crippen MR) is 71.6 cm³/mol. The molecule has 0 saturated carbocycles. The van der Waals surface area contributed by atoms with Gasteiger partial charge in [0.25, 0.3) is 0 Å². The van der Waals surface area contributed by atoms with Crippen LogP contribution >= 0.6 is 0 Å². The maximum atomic E-state index is 3.56. The Morgan fingerprint density at radius 1 is 1.12 bits per heavy atom. The van der Waals surface area contributed by atoms with Crippen LogP contribution in [0.4, 0.5) is 5.69 Å². The molecule has 1 heteroatoms. The zero-order valence-corrected chi connectivity index (χ0v) is 10.2. The fraction of sp³-hybridized carbons (Fsp3) is 0.333. The van der Waals surface area contributed by atoms with Gasteiger partial charge in [-0.05, 0) is 38.8 Å². The highest BCUT2D eigenvalue weighted by Crippen LogP contribution is 2.30. The number of rotatable bonds is 2. The van der Waals surface area contributed by atoms with Gasteiger partial charge in [0.05, 0.1) is 0 Å². The quantitative estimate of drug-likeness (QED) is 0.774. The summed E-state index contributed by atoms with van der Waals surface area (Å²) in [4.78, 5) is 0. The zero-order valence-electron chi connectivity index (χ0n) is 10.2. The van der Waals surface area contributed by atoms with Crippen molar-refractivity contribution in [2.45, 2.75) is 32.7 Å². The summed E-state index contributed by atoms with van der Waals surface area (Å²) in [6.45, 7) is 6.56. The van der Waals surface area contributed by atoms with Gasteiger partial charge < -0.3 is 5.32 Å². The van der Waals surface area contributed by atoms with Gasteiger partial charge in [-0.3, -0.25) is 0 Å². The minimum Gasteiger partial charge on any atom is -0.380 e. The highest BCUT2D eigenvalue weighted by Gasteiger charge is 2.13. The molecule has 0 unspecified atom stereocenters. The molecule has 0 aliphatic heterocycles. The van der Waals surface area contributed by atoms with Gasteiger partial charge in [-0.1, -0.05) is 36.4 Å². The third-order valence-electron chi connectivity index (χ3n) is 2.55. The normalized spacial score (nSPS) is 15.1. The molecule has 0 spiro atoms. The van der Waals surface area contributed by atoms with Crippen LogP contribution in [0.5, 0.6) is 0 Å². The van der Waals surface area contributed by atoms with Crippen molar-refractivity contribution < 1.29 is 0 Å². The number of hydrogen-bond donors (Lipinski definition) is 1. The number of hydrogen-bond acceptors (Lipinski definition) is 1. The predicted octanol–water partition coefficient (Wildman–Crippen LogP) is 4.24. The summed E-state index contributed by atoms with van der Waals surface area (Å²) < 4.78 is 0. The van der Waals surface area contributed by atoms with E-state index in [0.717, 1.165) is 6.42 Å². The van der Waals surface area contributed by atoms with Gasteiger partial charge >= 0.3 is 0 Å². The molecule has 0 fully saturated rings. The second-order valence-corrected chi connectivity index (χ2v) is 5.24. The molecule has 1 aliphatic carbocycles. The molecule has 1 nitrogen and oxygen atoms in total. The molecule has 0 atom stereocenters. The van der Waals surface area contributed by atoms with Gasteiger partial charge in [-0.2, -0.15) is 0 Å². The van der Waals surface area contributed by atoms with Crippen molar-refractivity contribution in [2.75, 3.05) is 5.32 Å². The molecule has 0 amide bonds. The molecule has 0 saturated heterocycles. The largest absolute Gasteiger partial charge is 0.380 e. The minimum absolute atomic E-state index is 0.0999. The summed E-state index contributed by atoms with van der Waals surface area (Å²) in [6, 6.07) is 8.52. The van der Waals surface area contributed by atoms with E-state index in [1.807, 2.05) is 0 Å². The summed E-state index contributed by atoms with van der Waals surface area (Å²) >= 11 is 0. The van der Waals surface area contributed by atoms with Crippen LogP contribution in [-0.4, -0.2) is 5.54 Å². The Balaban J connectivity index is 2.31. The van der Waals surface area contributed by atoms with Gasteiger partial charge in [0, 0.05) is 16.8 Å². The first-order valence-corrected chi connectivity index (χ1v) is 5.79. The van der Waals surface area contributed by atoms with Crippen molar-refractivity contribution in [1.82, 2.24) is 0 Å². The van der Waals surface area contributed by atoms with Crippen LogP contribution in [0.15, 0.2) is 42.5 Å². The fourth-order valence-electron chi connectivity index (χ4n) is 1.92. The van der Waals surface area contributed by atoms with E-state index in [9.17, 15) is 0 Å². The first-order valence-electron chi connectivity index (χ1n) is 5.79. The third-order valence-corrected chi connectivity index (χ3v) is 2.55. The van der Waals surface area contributed by atoms with Gasteiger partial charge in [0.15, 0.2) is 0 Å². The molecule has 1 aromatic rings. The van der Waals surface area contributed by atoms with Gasteiger partial charge in [-0.15, -0.1) is 0 Å². The standard InChI is InChI=1S/C15H19N/c1-15(2,3)16-14-11-7-6-10-13(14)12-8-4-5-9-12/h4-8,10-11,16H,9H2,1-3H3. The van der Waals surface area contributed by atoms with E-state index in [1.54, 1.807) is 0 Å². The molecule has 0 heterocycles. The van der Waals surface area contributed by atoms with Crippen LogP contribution in [0.2, 0.25) is 0 Å². The van der Waals surface area contributed by atoms with Gasteiger partial charge in [0.2, 0.25) is 0 Å². The monoisotopic (exact) mass is 213 g/mol. The lowest BCUT2D eigenvalue weighted by Gasteiger charge is -2.24. The Morgan fingerprint density at radius 2 is 1.88 bits per heavy atom. The Kier molecular flexibility index (Phi) is 2.86. The van der Waals surface area contributed by atoms with Crippen molar-refractivity contribution in [2.24, 2.45) is 0 Å². The van der Waals surface area contributed by atoms with E-state index in [0.29, 0.717) is 0 Å². The molecule has 1 aromatic carbocycles. The Morgan fingerprint density at radius 3 is 2.50 bits per heavy atom. The van der Waals surface area contributed by atoms with E-state index in [-0.39, 0.29) is 5.54 Å². The number of benzene rings is 1. The lowest BCUT2D eigenvalue weighted by molar-refractivity contribution is 0.634. The summed E-state index contributed by atoms with van der Waals surface area (Å²) in [5.74, 6) is 0. The molecular formula is C15H19N. The Bertz CT molecular complexity index is 433. The third kappa shape index (κ3) is 2.54. The molecule has 16 heavy (non-hydrogen) atoms. The molecule has 84 valence electrons. The van der Waals surface area contributed by atoms with E-state index in [2.05, 4.69) is 68.6 Å². The molecule has 0 bridgehead atoms. The van der Waals surface area contributed by atoms with Crippen molar-refractivity contribution >= 4 is 11.3 Å². The highest BCUT2D eigenvalue weighted by molar-refractivity contribution is 5.79. The van der Waals surface area contributed by atoms with Gasteiger partial charge in [-0.25, -0.2) is 0 Å².